The number of hydrogen-bond acceptors (Lipinski definition) is 3. The fraction of sp³-hybridized carbons (Fsp3) is 0.600. The number of imidazole rings is 1. The summed E-state index contributed by atoms with van der Waals surface area (Å²) in [6, 6.07) is 0.329. The van der Waals surface area contributed by atoms with E-state index in [0.29, 0.717) is 6.04 Å². The third kappa shape index (κ3) is 1.14. The lowest BCUT2D eigenvalue weighted by atomic mass is 10.2. The summed E-state index contributed by atoms with van der Waals surface area (Å²) in [5, 5.41) is 6.45. The van der Waals surface area contributed by atoms with Gasteiger partial charge in [0.2, 0.25) is 5.95 Å². The maximum absolute atomic E-state index is 4.50. The first-order chi connectivity index (χ1) is 6.65. The highest BCUT2D eigenvalue weighted by molar-refractivity contribution is 5.88. The fourth-order valence-corrected chi connectivity index (χ4v) is 1.82. The Morgan fingerprint density at radius 2 is 2.14 bits per heavy atom. The Hall–Kier alpha value is -1.32. The van der Waals surface area contributed by atoms with Gasteiger partial charge >= 0.3 is 0 Å². The Balaban J connectivity index is 2.54. The Kier molecular flexibility index (Phi) is 2.06. The second-order valence-electron chi connectivity index (χ2n) is 3.70. The van der Waals surface area contributed by atoms with E-state index in [1.54, 1.807) is 0 Å². The predicted octanol–water partition coefficient (Wildman–Crippen LogP) is 1.97. The molecular formula is C10H16N4. The zero-order chi connectivity index (χ0) is 10.3. The molecule has 14 heavy (non-hydrogen) atoms. The molecule has 0 saturated carbocycles. The van der Waals surface area contributed by atoms with Crippen LogP contribution < -0.4 is 5.01 Å². The molecule has 0 N–H and O–H groups in total. The summed E-state index contributed by atoms with van der Waals surface area (Å²) in [7, 11) is 0. The van der Waals surface area contributed by atoms with Crippen molar-refractivity contribution in [2.24, 2.45) is 5.10 Å². The van der Waals surface area contributed by atoms with Crippen molar-refractivity contribution >= 4 is 11.7 Å². The second kappa shape index (κ2) is 3.12. The smallest absolute Gasteiger partial charge is 0.227 e. The molecule has 76 valence electrons. The Labute approximate surface area is 84.2 Å². The molecule has 0 saturated heterocycles. The Bertz CT molecular complexity index is 377. The van der Waals surface area contributed by atoms with Crippen LogP contribution in [0.4, 0.5) is 5.95 Å². The zero-order valence-electron chi connectivity index (χ0n) is 9.15. The van der Waals surface area contributed by atoms with Crippen molar-refractivity contribution in [3.63, 3.8) is 0 Å². The lowest BCUT2D eigenvalue weighted by Crippen LogP contribution is -2.31. The number of anilines is 1. The molecule has 1 aliphatic rings. The quantitative estimate of drug-likeness (QED) is 0.681. The number of rotatable bonds is 1. The highest BCUT2D eigenvalue weighted by Gasteiger charge is 2.24. The van der Waals surface area contributed by atoms with E-state index in [9.17, 15) is 0 Å². The van der Waals surface area contributed by atoms with E-state index >= 15 is 0 Å². The van der Waals surface area contributed by atoms with Crippen molar-refractivity contribution in [1.29, 1.82) is 0 Å². The molecule has 4 nitrogen and oxygen atoms in total. The van der Waals surface area contributed by atoms with E-state index in [1.165, 1.54) is 5.69 Å². The second-order valence-corrected chi connectivity index (χ2v) is 3.70. The lowest BCUT2D eigenvalue weighted by Gasteiger charge is -2.29. The predicted molar refractivity (Wildman–Crippen MR) is 57.8 cm³/mol. The van der Waals surface area contributed by atoms with E-state index < -0.39 is 0 Å². The van der Waals surface area contributed by atoms with Crippen molar-refractivity contribution in [2.45, 2.75) is 33.7 Å². The van der Waals surface area contributed by atoms with Gasteiger partial charge in [-0.2, -0.15) is 5.10 Å². The van der Waals surface area contributed by atoms with Crippen LogP contribution in [0.5, 0.6) is 0 Å². The van der Waals surface area contributed by atoms with Crippen LogP contribution in [-0.4, -0.2) is 21.8 Å². The molecule has 0 fully saturated rings. The number of aryl methyl sites for hydroxylation is 1. The van der Waals surface area contributed by atoms with Gasteiger partial charge in [-0.3, -0.25) is 0 Å². The van der Waals surface area contributed by atoms with E-state index in [2.05, 4.69) is 42.3 Å². The molecule has 0 amide bonds. The van der Waals surface area contributed by atoms with E-state index in [0.717, 1.165) is 18.2 Å². The molecule has 1 aromatic heterocycles. The van der Waals surface area contributed by atoms with Gasteiger partial charge in [0.1, 0.15) is 0 Å². The highest BCUT2D eigenvalue weighted by Crippen LogP contribution is 2.26. The van der Waals surface area contributed by atoms with Gasteiger partial charge in [-0.15, -0.1) is 0 Å². The Morgan fingerprint density at radius 3 is 2.79 bits per heavy atom. The maximum atomic E-state index is 4.50. The topological polar surface area (TPSA) is 33.4 Å². The largest absolute Gasteiger partial charge is 0.305 e. The summed E-state index contributed by atoms with van der Waals surface area (Å²) in [5.41, 5.74) is 2.33. The standard InChI is InChI=1S/C10H16N4/c1-5-13-10-11-6-7(2)14(10)9(4)8(3)12-13/h6,9H,5H2,1-4H3. The Morgan fingerprint density at radius 1 is 1.43 bits per heavy atom. The summed E-state index contributed by atoms with van der Waals surface area (Å²) in [6.07, 6.45) is 1.91. The molecule has 2 heterocycles. The number of hydrazone groups is 1. The van der Waals surface area contributed by atoms with E-state index in [1.807, 2.05) is 11.2 Å². The number of nitrogens with zero attached hydrogens (tertiary/aromatic N) is 4. The minimum Gasteiger partial charge on any atom is -0.305 e. The summed E-state index contributed by atoms with van der Waals surface area (Å²) in [5.74, 6) is 0.961. The normalized spacial score (nSPS) is 20.7. The van der Waals surface area contributed by atoms with Gasteiger partial charge < -0.3 is 4.57 Å². The van der Waals surface area contributed by atoms with Crippen molar-refractivity contribution in [1.82, 2.24) is 9.55 Å². The van der Waals surface area contributed by atoms with Gasteiger partial charge in [-0.1, -0.05) is 0 Å². The number of aromatic nitrogens is 2. The zero-order valence-corrected chi connectivity index (χ0v) is 9.15. The van der Waals surface area contributed by atoms with E-state index in [-0.39, 0.29) is 0 Å². The summed E-state index contributed by atoms with van der Waals surface area (Å²) >= 11 is 0. The van der Waals surface area contributed by atoms with Crippen molar-refractivity contribution in [3.8, 4) is 0 Å². The molecule has 0 radical (unpaired) electrons. The van der Waals surface area contributed by atoms with Crippen LogP contribution in [0.1, 0.15) is 32.5 Å². The van der Waals surface area contributed by atoms with Crippen molar-refractivity contribution < 1.29 is 0 Å². The number of fused-ring (bicyclic) bond motifs is 1. The van der Waals surface area contributed by atoms with Gasteiger partial charge in [0, 0.05) is 12.2 Å². The molecule has 0 aliphatic carbocycles. The SMILES string of the molecule is CCN1N=C(C)C(C)n2c(C)cnc21. The van der Waals surface area contributed by atoms with Gasteiger partial charge in [0.05, 0.1) is 18.0 Å². The summed E-state index contributed by atoms with van der Waals surface area (Å²) in [6.45, 7) is 9.25. The molecule has 1 aliphatic heterocycles. The monoisotopic (exact) mass is 192 g/mol. The highest BCUT2D eigenvalue weighted by atomic mass is 15.5. The van der Waals surface area contributed by atoms with Crippen LogP contribution in [0.2, 0.25) is 0 Å². The summed E-state index contributed by atoms with van der Waals surface area (Å²) in [4.78, 5) is 4.38. The van der Waals surface area contributed by atoms with Crippen LogP contribution in [-0.2, 0) is 0 Å². The minimum absolute atomic E-state index is 0.329. The number of hydrogen-bond donors (Lipinski definition) is 0. The first-order valence-electron chi connectivity index (χ1n) is 5.01. The van der Waals surface area contributed by atoms with Gasteiger partial charge in [-0.05, 0) is 27.7 Å². The van der Waals surface area contributed by atoms with Crippen LogP contribution in [0.3, 0.4) is 0 Å². The third-order valence-electron chi connectivity index (χ3n) is 2.76. The molecule has 1 aromatic rings. The average molecular weight is 192 g/mol. The molecule has 0 aromatic carbocycles. The van der Waals surface area contributed by atoms with Crippen LogP contribution in [0, 0.1) is 6.92 Å². The third-order valence-corrected chi connectivity index (χ3v) is 2.76. The molecular weight excluding hydrogens is 176 g/mol. The lowest BCUT2D eigenvalue weighted by molar-refractivity contribution is 0.620. The van der Waals surface area contributed by atoms with Gasteiger partial charge in [-0.25, -0.2) is 9.99 Å². The van der Waals surface area contributed by atoms with Gasteiger partial charge in [0.15, 0.2) is 0 Å². The first kappa shape index (κ1) is 9.24. The first-order valence-corrected chi connectivity index (χ1v) is 5.01. The van der Waals surface area contributed by atoms with Gasteiger partial charge in [0.25, 0.3) is 0 Å². The fourth-order valence-electron chi connectivity index (χ4n) is 1.82. The molecule has 0 bridgehead atoms. The summed E-state index contributed by atoms with van der Waals surface area (Å²) < 4.78 is 2.23. The maximum Gasteiger partial charge on any atom is 0.227 e. The molecule has 1 unspecified atom stereocenters. The molecule has 2 rings (SSSR count). The van der Waals surface area contributed by atoms with Crippen LogP contribution >= 0.6 is 0 Å². The van der Waals surface area contributed by atoms with E-state index in [4.69, 9.17) is 0 Å². The average Bonchev–Trinajstić information content (AvgIpc) is 2.54. The van der Waals surface area contributed by atoms with Crippen molar-refractivity contribution in [2.75, 3.05) is 11.6 Å². The van der Waals surface area contributed by atoms with Crippen molar-refractivity contribution in [3.05, 3.63) is 11.9 Å². The minimum atomic E-state index is 0.329. The molecule has 4 heteroatoms. The molecule has 0 spiro atoms. The van der Waals surface area contributed by atoms with Crippen LogP contribution in [0.25, 0.3) is 0 Å². The molecule has 1 atom stereocenters. The van der Waals surface area contributed by atoms with Crippen LogP contribution in [0.15, 0.2) is 11.3 Å².